The van der Waals surface area contributed by atoms with Gasteiger partial charge >= 0.3 is 6.03 Å². The number of hydrogen-bond donors (Lipinski definition) is 4. The Morgan fingerprint density at radius 3 is 2.26 bits per heavy atom. The molecule has 0 saturated heterocycles. The van der Waals surface area contributed by atoms with Crippen LogP contribution in [-0.2, 0) is 10.0 Å². The topological polar surface area (TPSA) is 130 Å². The molecule has 0 bridgehead atoms. The predicted molar refractivity (Wildman–Crippen MR) is 110 cm³/mol. The number of thiophene rings is 1. The molecule has 5 N–H and O–H groups in total. The molecule has 148 valence electrons. The van der Waals surface area contributed by atoms with Gasteiger partial charge in [-0.05, 0) is 37.5 Å². The maximum atomic E-state index is 12.3. The van der Waals surface area contributed by atoms with Gasteiger partial charge in [-0.25, -0.2) is 13.2 Å². The van der Waals surface area contributed by atoms with Crippen LogP contribution in [0.15, 0.2) is 12.1 Å². The van der Waals surface area contributed by atoms with E-state index in [1.165, 1.54) is 18.4 Å². The normalized spacial score (nSPS) is 11.8. The summed E-state index contributed by atoms with van der Waals surface area (Å²) in [6.45, 7) is 7.08. The minimum atomic E-state index is -3.55. The van der Waals surface area contributed by atoms with Gasteiger partial charge in [0.25, 0.3) is 5.91 Å². The molecule has 0 aliphatic heterocycles. The van der Waals surface area contributed by atoms with E-state index in [0.29, 0.717) is 16.1 Å². The molecule has 1 aromatic heterocycles. The fourth-order valence-corrected chi connectivity index (χ4v) is 4.52. The van der Waals surface area contributed by atoms with E-state index in [4.69, 9.17) is 5.73 Å². The first kappa shape index (κ1) is 21.0. The van der Waals surface area contributed by atoms with E-state index in [9.17, 15) is 18.0 Å². The number of amides is 3. The number of hydrogen-bond acceptors (Lipinski definition) is 5. The van der Waals surface area contributed by atoms with E-state index >= 15 is 0 Å². The average Bonchev–Trinajstić information content (AvgIpc) is 2.90. The van der Waals surface area contributed by atoms with Crippen molar-refractivity contribution >= 4 is 54.1 Å². The summed E-state index contributed by atoms with van der Waals surface area (Å²) in [5.41, 5.74) is 6.92. The van der Waals surface area contributed by atoms with Crippen molar-refractivity contribution in [3.05, 3.63) is 23.3 Å². The fourth-order valence-electron chi connectivity index (χ4n) is 2.49. The summed E-state index contributed by atoms with van der Waals surface area (Å²) >= 11 is 1.23. The molecule has 0 aliphatic carbocycles. The molecular formula is C17H24N4O4S2. The van der Waals surface area contributed by atoms with Crippen molar-refractivity contribution in [3.8, 4) is 0 Å². The van der Waals surface area contributed by atoms with Gasteiger partial charge in [0, 0.05) is 22.8 Å². The minimum Gasteiger partial charge on any atom is -0.365 e. The molecule has 8 nitrogen and oxygen atoms in total. The number of fused-ring (bicyclic) bond motifs is 1. The second-order valence-electron chi connectivity index (χ2n) is 6.67. The van der Waals surface area contributed by atoms with E-state index in [1.807, 2.05) is 13.8 Å². The van der Waals surface area contributed by atoms with Crippen LogP contribution in [0, 0.1) is 0 Å². The van der Waals surface area contributed by atoms with Gasteiger partial charge in [-0.1, -0.05) is 13.8 Å². The number of carbonyl (C=O) groups is 2. The van der Waals surface area contributed by atoms with Gasteiger partial charge in [-0.15, -0.1) is 11.3 Å². The molecule has 27 heavy (non-hydrogen) atoms. The van der Waals surface area contributed by atoms with E-state index in [-0.39, 0.29) is 11.5 Å². The summed E-state index contributed by atoms with van der Waals surface area (Å²) in [7, 11) is -2.09. The van der Waals surface area contributed by atoms with Crippen molar-refractivity contribution in [2.24, 2.45) is 5.73 Å². The van der Waals surface area contributed by atoms with Gasteiger partial charge in [0.2, 0.25) is 10.0 Å². The predicted octanol–water partition coefficient (Wildman–Crippen LogP) is 3.03. The highest BCUT2D eigenvalue weighted by Crippen LogP contribution is 2.41. The van der Waals surface area contributed by atoms with Crippen molar-refractivity contribution in [2.45, 2.75) is 38.9 Å². The van der Waals surface area contributed by atoms with Gasteiger partial charge in [0.1, 0.15) is 5.00 Å². The first-order valence-corrected chi connectivity index (χ1v) is 10.7. The van der Waals surface area contributed by atoms with Crippen molar-refractivity contribution in [1.29, 1.82) is 0 Å². The van der Waals surface area contributed by atoms with Crippen molar-refractivity contribution in [1.82, 2.24) is 5.32 Å². The molecule has 2 aromatic rings. The molecule has 1 aromatic carbocycles. The van der Waals surface area contributed by atoms with Crippen molar-refractivity contribution < 1.29 is 18.0 Å². The first-order valence-electron chi connectivity index (χ1n) is 8.38. The van der Waals surface area contributed by atoms with Gasteiger partial charge in [-0.3, -0.25) is 14.8 Å². The van der Waals surface area contributed by atoms with Gasteiger partial charge < -0.3 is 11.1 Å². The number of rotatable bonds is 6. The Bertz CT molecular complexity index is 994. The second-order valence-corrected chi connectivity index (χ2v) is 9.92. The van der Waals surface area contributed by atoms with Crippen LogP contribution < -0.4 is 21.1 Å². The molecule has 0 saturated carbocycles. The van der Waals surface area contributed by atoms with Crippen LogP contribution in [0.2, 0.25) is 0 Å². The first-order chi connectivity index (χ1) is 12.5. The Labute approximate surface area is 162 Å². The molecule has 0 fully saturated rings. The van der Waals surface area contributed by atoms with Crippen LogP contribution >= 0.6 is 11.3 Å². The van der Waals surface area contributed by atoms with E-state index in [0.717, 1.165) is 10.3 Å². The lowest BCUT2D eigenvalue weighted by Crippen LogP contribution is -2.25. The number of anilines is 2. The van der Waals surface area contributed by atoms with Crippen LogP contribution in [0.4, 0.5) is 15.5 Å². The number of urea groups is 1. The SMILES string of the molecule is CNC(=O)Nc1sc2c(C(C)C)cc(NS(=O)(=O)C(C)C)cc2c1C(N)=O. The zero-order valence-corrected chi connectivity index (χ0v) is 17.5. The van der Waals surface area contributed by atoms with Gasteiger partial charge in [-0.2, -0.15) is 0 Å². The summed E-state index contributed by atoms with van der Waals surface area (Å²) in [5.74, 6) is -0.644. The third-order valence-corrected chi connectivity index (χ3v) is 6.95. The zero-order valence-electron chi connectivity index (χ0n) is 15.8. The second kappa shape index (κ2) is 7.73. The average molecular weight is 413 g/mol. The maximum Gasteiger partial charge on any atom is 0.319 e. The van der Waals surface area contributed by atoms with Crippen molar-refractivity contribution in [2.75, 3.05) is 17.1 Å². The summed E-state index contributed by atoms with van der Waals surface area (Å²) in [6.07, 6.45) is 0. The molecule has 1 heterocycles. The quantitative estimate of drug-likeness (QED) is 0.581. The highest BCUT2D eigenvalue weighted by Gasteiger charge is 2.23. The molecule has 0 spiro atoms. The lowest BCUT2D eigenvalue weighted by Gasteiger charge is -2.14. The Balaban J connectivity index is 2.75. The lowest BCUT2D eigenvalue weighted by molar-refractivity contribution is 0.100. The molecular weight excluding hydrogens is 388 g/mol. The third kappa shape index (κ3) is 4.33. The highest BCUT2D eigenvalue weighted by atomic mass is 32.2. The fraction of sp³-hybridized carbons (Fsp3) is 0.412. The number of nitrogens with two attached hydrogens (primary N) is 1. The number of primary amides is 1. The Hall–Kier alpha value is -2.33. The van der Waals surface area contributed by atoms with Gasteiger partial charge in [0.15, 0.2) is 0 Å². The Morgan fingerprint density at radius 2 is 1.78 bits per heavy atom. The number of benzene rings is 1. The molecule has 3 amide bonds. The summed E-state index contributed by atoms with van der Waals surface area (Å²) in [4.78, 5) is 23.8. The molecule has 10 heteroatoms. The minimum absolute atomic E-state index is 0.0585. The molecule has 0 aliphatic rings. The van der Waals surface area contributed by atoms with Crippen LogP contribution in [-0.4, -0.2) is 32.7 Å². The van der Waals surface area contributed by atoms with Crippen LogP contribution in [0.25, 0.3) is 10.1 Å². The lowest BCUT2D eigenvalue weighted by atomic mass is 9.99. The molecule has 2 rings (SSSR count). The largest absolute Gasteiger partial charge is 0.365 e. The summed E-state index contributed by atoms with van der Waals surface area (Å²) in [6, 6.07) is 2.85. The molecule has 0 atom stereocenters. The monoisotopic (exact) mass is 412 g/mol. The smallest absolute Gasteiger partial charge is 0.319 e. The Morgan fingerprint density at radius 1 is 1.15 bits per heavy atom. The van der Waals surface area contributed by atoms with Crippen LogP contribution in [0.5, 0.6) is 0 Å². The number of carbonyl (C=O) groups excluding carboxylic acids is 2. The van der Waals surface area contributed by atoms with E-state index in [1.54, 1.807) is 26.0 Å². The van der Waals surface area contributed by atoms with E-state index < -0.39 is 27.2 Å². The van der Waals surface area contributed by atoms with Crippen LogP contribution in [0.3, 0.4) is 0 Å². The Kier molecular flexibility index (Phi) is 6.01. The maximum absolute atomic E-state index is 12.3. The summed E-state index contributed by atoms with van der Waals surface area (Å²) < 4.78 is 27.9. The zero-order chi connectivity index (χ0) is 20.5. The third-order valence-electron chi connectivity index (χ3n) is 4.02. The van der Waals surface area contributed by atoms with Crippen LogP contribution in [0.1, 0.15) is 49.5 Å². The molecule has 0 unspecified atom stereocenters. The van der Waals surface area contributed by atoms with Gasteiger partial charge in [0.05, 0.1) is 10.8 Å². The standard InChI is InChI=1S/C17H24N4O4S2/c1-8(2)11-6-10(21-27(24,25)9(3)4)7-12-13(15(18)22)16(26-14(11)12)20-17(23)19-5/h6-9,21H,1-5H3,(H2,18,22)(H2,19,20,23). The number of nitrogens with one attached hydrogen (secondary N) is 3. The summed E-state index contributed by atoms with van der Waals surface area (Å²) in [5, 5.41) is 5.26. The van der Waals surface area contributed by atoms with Crippen molar-refractivity contribution in [3.63, 3.8) is 0 Å². The number of sulfonamides is 1. The highest BCUT2D eigenvalue weighted by molar-refractivity contribution is 7.93. The van der Waals surface area contributed by atoms with E-state index in [2.05, 4.69) is 15.4 Å². The molecule has 0 radical (unpaired) electrons.